The summed E-state index contributed by atoms with van der Waals surface area (Å²) in [6.45, 7) is 4.94. The average Bonchev–Trinajstić information content (AvgIpc) is 2.05. The zero-order valence-corrected chi connectivity index (χ0v) is 9.93. The van der Waals surface area contributed by atoms with E-state index in [0.29, 0.717) is 25.7 Å². The summed E-state index contributed by atoms with van der Waals surface area (Å²) in [6, 6.07) is 2.76. The molecule has 5 heteroatoms. The van der Waals surface area contributed by atoms with Crippen molar-refractivity contribution in [1.29, 1.82) is 5.26 Å². The minimum Gasteiger partial charge on any atom is -0.383 e. The van der Waals surface area contributed by atoms with Gasteiger partial charge in [-0.05, 0) is 20.3 Å². The average molecular weight is 222 g/mol. The number of nitrogens with zero attached hydrogens (tertiary/aromatic N) is 1. The molecule has 0 aromatic rings. The molecule has 0 aromatic heterocycles. The summed E-state index contributed by atoms with van der Waals surface area (Å²) in [5.41, 5.74) is 0. The Morgan fingerprint density at radius 1 is 1.31 bits per heavy atom. The van der Waals surface area contributed by atoms with Crippen LogP contribution < -0.4 is 0 Å². The van der Waals surface area contributed by atoms with Crippen molar-refractivity contribution >= 4 is 18.9 Å². The minimum absolute atomic E-state index is 0.515. The van der Waals surface area contributed by atoms with Gasteiger partial charge in [0.1, 0.15) is 0 Å². The summed E-state index contributed by atoms with van der Waals surface area (Å²) in [5.74, 6) is 0. The molecule has 0 bridgehead atoms. The second-order valence-electron chi connectivity index (χ2n) is 2.54. The third-order valence-corrected chi connectivity index (χ3v) is 5.10. The van der Waals surface area contributed by atoms with E-state index < -0.39 is 7.87 Å². The van der Waals surface area contributed by atoms with Crippen molar-refractivity contribution in [2.75, 3.05) is 13.2 Å². The maximum atomic E-state index is 8.36. The molecule has 0 aromatic carbocycles. The van der Waals surface area contributed by atoms with Crippen LogP contribution >= 0.6 is 11.1 Å². The van der Waals surface area contributed by atoms with Crippen LogP contribution in [0.15, 0.2) is 0 Å². The fraction of sp³-hybridized carbons (Fsp3) is 0.875. The summed E-state index contributed by atoms with van der Waals surface area (Å²) in [7, 11) is -2.47. The highest BCUT2D eigenvalue weighted by atomic mass is 35.6. The van der Waals surface area contributed by atoms with Crippen LogP contribution in [-0.2, 0) is 8.85 Å². The predicted octanol–water partition coefficient (Wildman–Crippen LogP) is 2.54. The predicted molar refractivity (Wildman–Crippen MR) is 54.5 cm³/mol. The lowest BCUT2D eigenvalue weighted by Crippen LogP contribution is -2.35. The fourth-order valence-corrected chi connectivity index (χ4v) is 3.88. The number of nitriles is 1. The van der Waals surface area contributed by atoms with Crippen LogP contribution in [0.1, 0.15) is 26.7 Å². The van der Waals surface area contributed by atoms with Crippen LogP contribution in [0.5, 0.6) is 0 Å². The van der Waals surface area contributed by atoms with Crippen molar-refractivity contribution in [2.24, 2.45) is 0 Å². The molecule has 13 heavy (non-hydrogen) atoms. The van der Waals surface area contributed by atoms with Gasteiger partial charge in [0.15, 0.2) is 0 Å². The van der Waals surface area contributed by atoms with Crippen molar-refractivity contribution in [3.05, 3.63) is 0 Å². The van der Waals surface area contributed by atoms with Crippen LogP contribution in [0, 0.1) is 11.3 Å². The van der Waals surface area contributed by atoms with Crippen LogP contribution in [0.25, 0.3) is 0 Å². The molecule has 0 atom stereocenters. The molecule has 0 heterocycles. The molecule has 0 radical (unpaired) electrons. The van der Waals surface area contributed by atoms with Gasteiger partial charge in [-0.1, -0.05) is 11.1 Å². The van der Waals surface area contributed by atoms with Gasteiger partial charge in [-0.2, -0.15) is 5.26 Å². The molecule has 0 saturated carbocycles. The second kappa shape index (κ2) is 7.33. The molecule has 0 fully saturated rings. The van der Waals surface area contributed by atoms with Gasteiger partial charge in [-0.15, -0.1) is 0 Å². The zero-order valence-electron chi connectivity index (χ0n) is 8.18. The van der Waals surface area contributed by atoms with E-state index >= 15 is 0 Å². The molecule has 3 nitrogen and oxygen atoms in total. The first-order valence-corrected chi connectivity index (χ1v) is 7.55. The molecule has 76 valence electrons. The molecular weight excluding hydrogens is 206 g/mol. The topological polar surface area (TPSA) is 42.2 Å². The van der Waals surface area contributed by atoms with E-state index in [-0.39, 0.29) is 0 Å². The van der Waals surface area contributed by atoms with Crippen molar-refractivity contribution < 1.29 is 8.85 Å². The number of hydrogen-bond donors (Lipinski definition) is 0. The molecule has 0 aliphatic rings. The maximum absolute atomic E-state index is 8.36. The highest BCUT2D eigenvalue weighted by Gasteiger charge is 2.34. The Bertz CT molecular complexity index is 166. The zero-order chi connectivity index (χ0) is 10.2. The Hall–Kier alpha value is -0.0831. The van der Waals surface area contributed by atoms with E-state index in [0.717, 1.165) is 6.42 Å². The summed E-state index contributed by atoms with van der Waals surface area (Å²) in [4.78, 5) is 0. The van der Waals surface area contributed by atoms with E-state index in [1.165, 1.54) is 0 Å². The van der Waals surface area contributed by atoms with Gasteiger partial charge in [-0.3, -0.25) is 0 Å². The van der Waals surface area contributed by atoms with Crippen LogP contribution in [0.3, 0.4) is 0 Å². The number of hydrogen-bond acceptors (Lipinski definition) is 3. The van der Waals surface area contributed by atoms with Gasteiger partial charge in [-0.25, -0.2) is 0 Å². The molecule has 0 N–H and O–H groups in total. The molecule has 0 aliphatic carbocycles. The van der Waals surface area contributed by atoms with E-state index in [9.17, 15) is 0 Å². The summed E-state index contributed by atoms with van der Waals surface area (Å²) < 4.78 is 10.8. The SMILES string of the molecule is CCO[Si](Cl)(CCCC#N)OCC. The van der Waals surface area contributed by atoms with E-state index in [2.05, 4.69) is 6.07 Å². The summed E-state index contributed by atoms with van der Waals surface area (Å²) >= 11 is 6.16. The van der Waals surface area contributed by atoms with Gasteiger partial charge >= 0.3 is 7.87 Å². The van der Waals surface area contributed by atoms with Crippen molar-refractivity contribution in [2.45, 2.75) is 32.7 Å². The molecule has 0 amide bonds. The van der Waals surface area contributed by atoms with Crippen molar-refractivity contribution in [3.8, 4) is 6.07 Å². The number of unbranched alkanes of at least 4 members (excludes halogenated alkanes) is 1. The Labute approximate surface area is 85.5 Å². The van der Waals surface area contributed by atoms with E-state index in [1.54, 1.807) is 0 Å². The first-order chi connectivity index (χ1) is 6.18. The quantitative estimate of drug-likeness (QED) is 0.377. The Morgan fingerprint density at radius 2 is 1.85 bits per heavy atom. The molecule has 0 rings (SSSR count). The lowest BCUT2D eigenvalue weighted by Gasteiger charge is -2.22. The molecular formula is C8H16ClNO2Si. The fourth-order valence-electron chi connectivity index (χ4n) is 0.996. The van der Waals surface area contributed by atoms with Crippen molar-refractivity contribution in [1.82, 2.24) is 0 Å². The van der Waals surface area contributed by atoms with Gasteiger partial charge in [0.05, 0.1) is 6.07 Å². The summed E-state index contributed by atoms with van der Waals surface area (Å²) in [6.07, 6.45) is 1.27. The number of rotatable bonds is 7. The smallest absolute Gasteiger partial charge is 0.383 e. The van der Waals surface area contributed by atoms with E-state index in [1.807, 2.05) is 13.8 Å². The standard InChI is InChI=1S/C8H16ClNO2Si/c1-3-11-13(9,12-4-2)8-6-5-7-10/h3-6,8H2,1-2H3. The van der Waals surface area contributed by atoms with Gasteiger partial charge in [0.2, 0.25) is 0 Å². The highest BCUT2D eigenvalue weighted by Crippen LogP contribution is 2.21. The monoisotopic (exact) mass is 221 g/mol. The number of halogens is 1. The van der Waals surface area contributed by atoms with Crippen LogP contribution in [0.4, 0.5) is 0 Å². The third kappa shape index (κ3) is 6.05. The van der Waals surface area contributed by atoms with Crippen molar-refractivity contribution in [3.63, 3.8) is 0 Å². The van der Waals surface area contributed by atoms with Gasteiger partial charge in [0, 0.05) is 25.7 Å². The molecule has 0 saturated heterocycles. The lowest BCUT2D eigenvalue weighted by atomic mass is 10.4. The Morgan fingerprint density at radius 3 is 2.23 bits per heavy atom. The minimum atomic E-state index is -2.47. The van der Waals surface area contributed by atoms with Crippen LogP contribution in [0.2, 0.25) is 6.04 Å². The van der Waals surface area contributed by atoms with Gasteiger partial charge in [0.25, 0.3) is 0 Å². The van der Waals surface area contributed by atoms with Gasteiger partial charge < -0.3 is 8.85 Å². The largest absolute Gasteiger partial charge is 0.443 e. The Kier molecular flexibility index (Phi) is 7.29. The summed E-state index contributed by atoms with van der Waals surface area (Å²) in [5, 5.41) is 8.36. The molecule has 0 unspecified atom stereocenters. The highest BCUT2D eigenvalue weighted by molar-refractivity contribution is 7.12. The first-order valence-electron chi connectivity index (χ1n) is 4.52. The molecule has 0 spiro atoms. The second-order valence-corrected chi connectivity index (χ2v) is 6.66. The maximum Gasteiger partial charge on any atom is 0.443 e. The van der Waals surface area contributed by atoms with Crippen LogP contribution in [-0.4, -0.2) is 21.1 Å². The first kappa shape index (κ1) is 12.9. The lowest BCUT2D eigenvalue weighted by molar-refractivity contribution is 0.202. The third-order valence-electron chi connectivity index (χ3n) is 1.48. The van der Waals surface area contributed by atoms with E-state index in [4.69, 9.17) is 25.2 Å². The molecule has 0 aliphatic heterocycles. The normalized spacial score (nSPS) is 11.2. The Balaban J connectivity index is 3.85.